The van der Waals surface area contributed by atoms with E-state index in [2.05, 4.69) is 10.9 Å². The van der Waals surface area contributed by atoms with Gasteiger partial charge in [0.05, 0.1) is 17.0 Å². The van der Waals surface area contributed by atoms with Gasteiger partial charge in [-0.3, -0.25) is 4.98 Å². The predicted molar refractivity (Wildman–Crippen MR) is 75.1 cm³/mol. The summed E-state index contributed by atoms with van der Waals surface area (Å²) in [4.78, 5) is 4.47. The Hall–Kier alpha value is -1.90. The summed E-state index contributed by atoms with van der Waals surface area (Å²) in [5, 5.41) is 0.617. The number of hydrogen-bond donors (Lipinski definition) is 0. The fourth-order valence-corrected chi connectivity index (χ4v) is 3.16. The third kappa shape index (κ3) is 2.33. The Labute approximate surface area is 113 Å². The van der Waals surface area contributed by atoms with Crippen LogP contribution < -0.4 is 0 Å². The molecule has 0 radical (unpaired) electrons. The van der Waals surface area contributed by atoms with Gasteiger partial charge in [0.25, 0.3) is 0 Å². The zero-order valence-corrected chi connectivity index (χ0v) is 11.6. The number of aromatic nitrogens is 1. The third-order valence-corrected chi connectivity index (χ3v) is 4.80. The first-order valence-electron chi connectivity index (χ1n) is 5.72. The molecule has 2 aromatic rings. The average molecular weight is 274 g/mol. The van der Waals surface area contributed by atoms with Gasteiger partial charge in [0.15, 0.2) is 0 Å². The molecule has 0 atom stereocenters. The lowest BCUT2D eigenvalue weighted by molar-refractivity contribution is 0.504. The summed E-state index contributed by atoms with van der Waals surface area (Å²) in [5.74, 6) is 2.33. The van der Waals surface area contributed by atoms with Crippen LogP contribution in [0.25, 0.3) is 10.9 Å². The Bertz CT molecular complexity index is 761. The monoisotopic (exact) mass is 274 g/mol. The van der Waals surface area contributed by atoms with Gasteiger partial charge >= 0.3 is 0 Å². The minimum atomic E-state index is -3.59. The molecule has 0 saturated carbocycles. The predicted octanol–water partition coefficient (Wildman–Crippen LogP) is 1.80. The summed E-state index contributed by atoms with van der Waals surface area (Å²) < 4.78 is 26.1. The van der Waals surface area contributed by atoms with E-state index in [0.717, 1.165) is 9.87 Å². The summed E-state index contributed by atoms with van der Waals surface area (Å²) >= 11 is 0. The van der Waals surface area contributed by atoms with E-state index in [9.17, 15) is 8.42 Å². The molecule has 0 aliphatic carbocycles. The van der Waals surface area contributed by atoms with E-state index in [1.165, 1.54) is 7.05 Å². The summed E-state index contributed by atoms with van der Waals surface area (Å²) in [7, 11) is -2.12. The Morgan fingerprint density at radius 3 is 2.79 bits per heavy atom. The van der Waals surface area contributed by atoms with Gasteiger partial charge in [-0.2, -0.15) is 4.31 Å². The summed E-state index contributed by atoms with van der Waals surface area (Å²) in [6.07, 6.45) is 6.82. The van der Waals surface area contributed by atoms with Gasteiger partial charge in [-0.1, -0.05) is 12.0 Å². The molecule has 2 rings (SSSR count). The maximum absolute atomic E-state index is 12.4. The second kappa shape index (κ2) is 5.00. The van der Waals surface area contributed by atoms with Crippen molar-refractivity contribution in [1.29, 1.82) is 0 Å². The number of aryl methyl sites for hydroxylation is 1. The van der Waals surface area contributed by atoms with E-state index in [-0.39, 0.29) is 11.4 Å². The largest absolute Gasteiger partial charge is 0.256 e. The van der Waals surface area contributed by atoms with Gasteiger partial charge in [0.2, 0.25) is 10.0 Å². The van der Waals surface area contributed by atoms with E-state index < -0.39 is 10.0 Å². The molecule has 1 aromatic carbocycles. The third-order valence-electron chi connectivity index (χ3n) is 2.93. The van der Waals surface area contributed by atoms with Crippen molar-refractivity contribution in [2.45, 2.75) is 11.8 Å². The van der Waals surface area contributed by atoms with Crippen molar-refractivity contribution in [3.8, 4) is 12.3 Å². The molecule has 4 nitrogen and oxygen atoms in total. The fraction of sp³-hybridized carbons (Fsp3) is 0.214. The topological polar surface area (TPSA) is 50.3 Å². The van der Waals surface area contributed by atoms with Crippen LogP contribution in [-0.4, -0.2) is 31.3 Å². The van der Waals surface area contributed by atoms with Gasteiger partial charge in [-0.05, 0) is 30.7 Å². The Morgan fingerprint density at radius 1 is 1.37 bits per heavy atom. The number of pyridine rings is 1. The zero-order valence-electron chi connectivity index (χ0n) is 10.8. The van der Waals surface area contributed by atoms with Crippen molar-refractivity contribution in [2.75, 3.05) is 13.6 Å². The molecular weight excluding hydrogens is 260 g/mol. The van der Waals surface area contributed by atoms with E-state index in [0.29, 0.717) is 10.9 Å². The van der Waals surface area contributed by atoms with Crippen LogP contribution in [0.15, 0.2) is 35.4 Å². The molecule has 0 amide bonds. The van der Waals surface area contributed by atoms with Gasteiger partial charge in [0, 0.05) is 18.6 Å². The van der Waals surface area contributed by atoms with Crippen molar-refractivity contribution in [3.05, 3.63) is 36.0 Å². The van der Waals surface area contributed by atoms with Crippen LogP contribution >= 0.6 is 0 Å². The van der Waals surface area contributed by atoms with Crippen LogP contribution in [0.5, 0.6) is 0 Å². The first-order chi connectivity index (χ1) is 8.98. The first kappa shape index (κ1) is 13.5. The minimum Gasteiger partial charge on any atom is -0.256 e. The van der Waals surface area contributed by atoms with E-state index >= 15 is 0 Å². The number of fused-ring (bicyclic) bond motifs is 1. The molecule has 0 spiro atoms. The van der Waals surface area contributed by atoms with Crippen molar-refractivity contribution in [2.24, 2.45) is 0 Å². The number of nitrogens with zero attached hydrogens (tertiary/aromatic N) is 2. The number of benzene rings is 1. The normalized spacial score (nSPS) is 11.7. The molecule has 19 heavy (non-hydrogen) atoms. The van der Waals surface area contributed by atoms with Crippen LogP contribution in [0.4, 0.5) is 0 Å². The molecule has 0 saturated heterocycles. The standard InChI is InChI=1S/C14H14N2O2S/c1-4-10-16(3)19(17,18)13-8-7-11(2)14-12(13)6-5-9-15-14/h1,5-9H,10H2,2-3H3. The van der Waals surface area contributed by atoms with Crippen LogP contribution in [-0.2, 0) is 10.0 Å². The minimum absolute atomic E-state index is 0.0396. The summed E-state index contributed by atoms with van der Waals surface area (Å²) in [6.45, 7) is 1.94. The molecule has 0 bridgehead atoms. The lowest BCUT2D eigenvalue weighted by Gasteiger charge is -2.16. The molecule has 0 unspecified atom stereocenters. The van der Waals surface area contributed by atoms with Gasteiger partial charge in [0.1, 0.15) is 0 Å². The number of hydrogen-bond acceptors (Lipinski definition) is 3. The highest BCUT2D eigenvalue weighted by molar-refractivity contribution is 7.89. The Morgan fingerprint density at radius 2 is 2.11 bits per heavy atom. The van der Waals surface area contributed by atoms with Crippen LogP contribution in [0.3, 0.4) is 0 Å². The average Bonchev–Trinajstić information content (AvgIpc) is 2.39. The maximum atomic E-state index is 12.4. The number of sulfonamides is 1. The fourth-order valence-electron chi connectivity index (χ4n) is 1.89. The molecule has 0 aliphatic heterocycles. The van der Waals surface area contributed by atoms with Crippen LogP contribution in [0.2, 0.25) is 0 Å². The molecule has 1 heterocycles. The van der Waals surface area contributed by atoms with Crippen LogP contribution in [0, 0.1) is 19.3 Å². The lowest BCUT2D eigenvalue weighted by atomic mass is 10.1. The molecule has 1 aromatic heterocycles. The molecule has 0 fully saturated rings. The SMILES string of the molecule is C#CCN(C)S(=O)(=O)c1ccc(C)c2ncccc12. The van der Waals surface area contributed by atoms with E-state index in [1.807, 2.05) is 6.92 Å². The first-order valence-corrected chi connectivity index (χ1v) is 7.16. The number of terminal acetylenes is 1. The quantitative estimate of drug-likeness (QED) is 0.802. The van der Waals surface area contributed by atoms with E-state index in [1.54, 1.807) is 30.5 Å². The second-order valence-corrected chi connectivity index (χ2v) is 6.26. The van der Waals surface area contributed by atoms with Crippen LogP contribution in [0.1, 0.15) is 5.56 Å². The molecule has 0 N–H and O–H groups in total. The van der Waals surface area contributed by atoms with Crippen molar-refractivity contribution in [1.82, 2.24) is 9.29 Å². The smallest absolute Gasteiger partial charge is 0.244 e. The summed E-state index contributed by atoms with van der Waals surface area (Å²) in [5.41, 5.74) is 1.63. The highest BCUT2D eigenvalue weighted by Gasteiger charge is 2.22. The van der Waals surface area contributed by atoms with Crippen molar-refractivity contribution in [3.63, 3.8) is 0 Å². The second-order valence-electron chi connectivity index (χ2n) is 4.25. The molecule has 5 heteroatoms. The number of rotatable bonds is 3. The van der Waals surface area contributed by atoms with Gasteiger partial charge in [-0.15, -0.1) is 6.42 Å². The molecule has 0 aliphatic rings. The van der Waals surface area contributed by atoms with Gasteiger partial charge < -0.3 is 0 Å². The van der Waals surface area contributed by atoms with Crippen molar-refractivity contribution >= 4 is 20.9 Å². The summed E-state index contributed by atoms with van der Waals surface area (Å²) in [6, 6.07) is 6.83. The Balaban J connectivity index is 2.71. The molecular formula is C14H14N2O2S. The highest BCUT2D eigenvalue weighted by atomic mass is 32.2. The Kier molecular flexibility index (Phi) is 3.56. The van der Waals surface area contributed by atoms with Gasteiger partial charge in [-0.25, -0.2) is 8.42 Å². The van der Waals surface area contributed by atoms with Crippen molar-refractivity contribution < 1.29 is 8.42 Å². The highest BCUT2D eigenvalue weighted by Crippen LogP contribution is 2.26. The maximum Gasteiger partial charge on any atom is 0.244 e. The zero-order chi connectivity index (χ0) is 14.0. The van der Waals surface area contributed by atoms with E-state index in [4.69, 9.17) is 6.42 Å². The lowest BCUT2D eigenvalue weighted by Crippen LogP contribution is -2.27. The molecule has 98 valence electrons.